The van der Waals surface area contributed by atoms with Crippen LogP contribution in [0.1, 0.15) is 24.8 Å². The Morgan fingerprint density at radius 3 is 2.53 bits per heavy atom. The van der Waals surface area contributed by atoms with Crippen LogP contribution in [0.3, 0.4) is 0 Å². The fraction of sp³-hybridized carbons (Fsp3) is 0.538. The second kappa shape index (κ2) is 5.00. The molecule has 1 aliphatic carbocycles. The van der Waals surface area contributed by atoms with Crippen molar-refractivity contribution in [3.05, 3.63) is 35.9 Å². The second-order valence-corrected chi connectivity index (χ2v) is 4.91. The summed E-state index contributed by atoms with van der Waals surface area (Å²) >= 11 is 5.79. The second-order valence-electron chi connectivity index (χ2n) is 4.53. The van der Waals surface area contributed by atoms with Crippen LogP contribution in [0.5, 0.6) is 0 Å². The van der Waals surface area contributed by atoms with Gasteiger partial charge in [-0.25, -0.2) is 0 Å². The summed E-state index contributed by atoms with van der Waals surface area (Å²) in [5.41, 5.74) is 1.90. The number of nitrogens with one attached hydrogen (secondary N) is 1. The summed E-state index contributed by atoms with van der Waals surface area (Å²) in [5.74, 6) is 0.799. The van der Waals surface area contributed by atoms with Gasteiger partial charge in [-0.2, -0.15) is 0 Å². The van der Waals surface area contributed by atoms with Gasteiger partial charge in [0.1, 0.15) is 0 Å². The molecule has 0 aromatic heterocycles. The number of alkyl halides is 1. The molecule has 0 radical (unpaired) electrons. The topological polar surface area (TPSA) is 12.0 Å². The van der Waals surface area contributed by atoms with Gasteiger partial charge in [0.05, 0.1) is 0 Å². The van der Waals surface area contributed by atoms with Crippen LogP contribution in [0.4, 0.5) is 0 Å². The lowest BCUT2D eigenvalue weighted by Gasteiger charge is -2.14. The molecule has 0 atom stereocenters. The highest BCUT2D eigenvalue weighted by molar-refractivity contribution is 6.17. The van der Waals surface area contributed by atoms with Crippen molar-refractivity contribution in [2.75, 3.05) is 12.4 Å². The first kappa shape index (κ1) is 11.0. The Hall–Kier alpha value is -0.530. The van der Waals surface area contributed by atoms with E-state index in [1.54, 1.807) is 0 Å². The lowest BCUT2D eigenvalue weighted by atomic mass is 10.0. The molecular weight excluding hydrogens is 206 g/mol. The first-order valence-electron chi connectivity index (χ1n) is 5.65. The van der Waals surface area contributed by atoms with E-state index >= 15 is 0 Å². The third-order valence-corrected chi connectivity index (χ3v) is 3.44. The van der Waals surface area contributed by atoms with Crippen LogP contribution >= 0.6 is 11.6 Å². The molecule has 15 heavy (non-hydrogen) atoms. The van der Waals surface area contributed by atoms with Crippen LogP contribution in [-0.4, -0.2) is 12.4 Å². The van der Waals surface area contributed by atoms with E-state index in [0.29, 0.717) is 5.41 Å². The zero-order valence-electron chi connectivity index (χ0n) is 9.01. The maximum Gasteiger partial charge on any atom is 0.0229 e. The Balaban J connectivity index is 1.71. The molecule has 1 aromatic carbocycles. The van der Waals surface area contributed by atoms with E-state index in [9.17, 15) is 0 Å². The maximum absolute atomic E-state index is 5.79. The molecule has 1 aromatic rings. The van der Waals surface area contributed by atoms with Crippen LogP contribution in [0.2, 0.25) is 0 Å². The Morgan fingerprint density at radius 2 is 1.93 bits per heavy atom. The Labute approximate surface area is 96.8 Å². The van der Waals surface area contributed by atoms with E-state index in [0.717, 1.165) is 25.4 Å². The van der Waals surface area contributed by atoms with Crippen LogP contribution in [0.15, 0.2) is 30.3 Å². The summed E-state index contributed by atoms with van der Waals surface area (Å²) in [4.78, 5) is 0. The Bertz CT molecular complexity index is 293. The van der Waals surface area contributed by atoms with Crippen molar-refractivity contribution in [1.29, 1.82) is 0 Å². The van der Waals surface area contributed by atoms with Crippen molar-refractivity contribution < 1.29 is 0 Å². The van der Waals surface area contributed by atoms with Gasteiger partial charge in [0.2, 0.25) is 0 Å². The van der Waals surface area contributed by atoms with E-state index in [2.05, 4.69) is 35.6 Å². The fourth-order valence-electron chi connectivity index (χ4n) is 1.96. The molecule has 1 aliphatic rings. The van der Waals surface area contributed by atoms with E-state index in [4.69, 9.17) is 11.6 Å². The van der Waals surface area contributed by atoms with Crippen LogP contribution in [-0.2, 0) is 6.54 Å². The molecule has 1 nitrogen and oxygen atoms in total. The van der Waals surface area contributed by atoms with Crippen molar-refractivity contribution >= 4 is 11.6 Å². The van der Waals surface area contributed by atoms with Gasteiger partial charge in [-0.3, -0.25) is 0 Å². The summed E-state index contributed by atoms with van der Waals surface area (Å²) in [5, 5.41) is 3.53. The molecule has 0 aliphatic heterocycles. The highest BCUT2D eigenvalue weighted by Crippen LogP contribution is 2.48. The summed E-state index contributed by atoms with van der Waals surface area (Å²) in [6.45, 7) is 2.10. The molecular formula is C13H18ClN. The van der Waals surface area contributed by atoms with Crippen molar-refractivity contribution in [2.45, 2.75) is 25.8 Å². The molecule has 0 spiro atoms. The minimum absolute atomic E-state index is 0.538. The highest BCUT2D eigenvalue weighted by atomic mass is 35.5. The quantitative estimate of drug-likeness (QED) is 0.731. The van der Waals surface area contributed by atoms with E-state index < -0.39 is 0 Å². The molecule has 1 saturated carbocycles. The van der Waals surface area contributed by atoms with Gasteiger partial charge in [0.15, 0.2) is 0 Å². The summed E-state index contributed by atoms with van der Waals surface area (Å²) in [7, 11) is 0. The monoisotopic (exact) mass is 223 g/mol. The molecule has 0 unspecified atom stereocenters. The smallest absolute Gasteiger partial charge is 0.0229 e. The number of hydrogen-bond acceptors (Lipinski definition) is 1. The molecule has 1 N–H and O–H groups in total. The lowest BCUT2D eigenvalue weighted by molar-refractivity contribution is 0.445. The molecule has 0 heterocycles. The average molecular weight is 224 g/mol. The number of benzene rings is 1. The van der Waals surface area contributed by atoms with Crippen molar-refractivity contribution in [1.82, 2.24) is 5.32 Å². The van der Waals surface area contributed by atoms with Crippen LogP contribution in [0, 0.1) is 5.41 Å². The van der Waals surface area contributed by atoms with Crippen LogP contribution < -0.4 is 5.32 Å². The molecule has 0 bridgehead atoms. The number of hydrogen-bond donors (Lipinski definition) is 1. The van der Waals surface area contributed by atoms with Crippen molar-refractivity contribution in [3.63, 3.8) is 0 Å². The third-order valence-electron chi connectivity index (χ3n) is 3.25. The Morgan fingerprint density at radius 1 is 1.20 bits per heavy atom. The minimum atomic E-state index is 0.538. The average Bonchev–Trinajstić information content (AvgIpc) is 3.00. The van der Waals surface area contributed by atoms with Crippen LogP contribution in [0.25, 0.3) is 0 Å². The summed E-state index contributed by atoms with van der Waals surface area (Å²) < 4.78 is 0. The standard InChI is InChI=1S/C13H18ClN/c14-9-8-13(6-7-13)11-15-10-12-4-2-1-3-5-12/h1-5,15H,6-11H2. The van der Waals surface area contributed by atoms with E-state index in [1.807, 2.05) is 0 Å². The Kier molecular flexibility index (Phi) is 3.66. The SMILES string of the molecule is ClCCC1(CNCc2ccccc2)CC1. The normalized spacial score (nSPS) is 17.7. The lowest BCUT2D eigenvalue weighted by Crippen LogP contribution is -2.23. The zero-order valence-corrected chi connectivity index (χ0v) is 9.76. The molecule has 1 fully saturated rings. The molecule has 2 heteroatoms. The summed E-state index contributed by atoms with van der Waals surface area (Å²) in [6, 6.07) is 10.5. The van der Waals surface area contributed by atoms with Crippen molar-refractivity contribution in [3.8, 4) is 0 Å². The first-order chi connectivity index (χ1) is 7.35. The fourth-order valence-corrected chi connectivity index (χ4v) is 2.36. The maximum atomic E-state index is 5.79. The van der Waals surface area contributed by atoms with Gasteiger partial charge in [-0.15, -0.1) is 11.6 Å². The number of halogens is 1. The predicted molar refractivity (Wildman–Crippen MR) is 65.2 cm³/mol. The van der Waals surface area contributed by atoms with Gasteiger partial charge < -0.3 is 5.32 Å². The van der Waals surface area contributed by atoms with Crippen molar-refractivity contribution in [2.24, 2.45) is 5.41 Å². The number of rotatable bonds is 6. The molecule has 0 amide bonds. The highest BCUT2D eigenvalue weighted by Gasteiger charge is 2.40. The van der Waals surface area contributed by atoms with Gasteiger partial charge in [-0.05, 0) is 30.2 Å². The molecule has 2 rings (SSSR count). The minimum Gasteiger partial charge on any atom is -0.312 e. The molecule has 82 valence electrons. The van der Waals surface area contributed by atoms with Gasteiger partial charge >= 0.3 is 0 Å². The molecule has 0 saturated heterocycles. The predicted octanol–water partition coefficient (Wildman–Crippen LogP) is 3.19. The first-order valence-corrected chi connectivity index (χ1v) is 6.19. The third kappa shape index (κ3) is 3.22. The van der Waals surface area contributed by atoms with Gasteiger partial charge in [0.25, 0.3) is 0 Å². The largest absolute Gasteiger partial charge is 0.312 e. The van der Waals surface area contributed by atoms with E-state index in [-0.39, 0.29) is 0 Å². The van der Waals surface area contributed by atoms with E-state index in [1.165, 1.54) is 18.4 Å². The van der Waals surface area contributed by atoms with Gasteiger partial charge in [-0.1, -0.05) is 30.3 Å². The summed E-state index contributed by atoms with van der Waals surface area (Å²) in [6.07, 6.45) is 3.86. The van der Waals surface area contributed by atoms with Gasteiger partial charge in [0, 0.05) is 19.0 Å². The zero-order chi connectivity index (χ0) is 10.6.